The second-order valence-corrected chi connectivity index (χ2v) is 6.75. The van der Waals surface area contributed by atoms with Crippen LogP contribution in [-0.4, -0.2) is 20.7 Å². The van der Waals surface area contributed by atoms with Crippen LogP contribution in [0.5, 0.6) is 0 Å². The topological polar surface area (TPSA) is 47.8 Å². The van der Waals surface area contributed by atoms with E-state index in [1.54, 1.807) is 4.57 Å². The highest BCUT2D eigenvalue weighted by atomic mass is 79.9. The summed E-state index contributed by atoms with van der Waals surface area (Å²) in [4.78, 5) is 12.1. The fourth-order valence-corrected chi connectivity index (χ4v) is 3.59. The Labute approximate surface area is 151 Å². The molecule has 2 aromatic heterocycles. The third-order valence-electron chi connectivity index (χ3n) is 3.94. The summed E-state index contributed by atoms with van der Waals surface area (Å²) in [5.74, 6) is -0.0957. The smallest absolute Gasteiger partial charge is 0.229 e. The van der Waals surface area contributed by atoms with Crippen LogP contribution in [0.4, 0.5) is 0 Å². The van der Waals surface area contributed by atoms with E-state index in [4.69, 9.17) is 11.6 Å². The van der Waals surface area contributed by atoms with E-state index in [1.165, 1.54) is 6.92 Å². The zero-order valence-electron chi connectivity index (χ0n) is 12.6. The Bertz CT molecular complexity index is 1100. The Morgan fingerprint density at radius 3 is 2.58 bits per heavy atom. The molecule has 0 spiro atoms. The number of fused-ring (bicyclic) bond motifs is 3. The van der Waals surface area contributed by atoms with Crippen LogP contribution in [0.3, 0.4) is 0 Å². The summed E-state index contributed by atoms with van der Waals surface area (Å²) in [6.07, 6.45) is 0. The van der Waals surface area contributed by atoms with Crippen LogP contribution >= 0.6 is 27.5 Å². The molecule has 2 heterocycles. The number of carbonyl (C=O) groups is 1. The molecule has 0 atom stereocenters. The predicted molar refractivity (Wildman–Crippen MR) is 99.5 cm³/mol. The third kappa shape index (κ3) is 2.32. The molecule has 6 heteroatoms. The van der Waals surface area contributed by atoms with Gasteiger partial charge in [0, 0.05) is 32.8 Å². The summed E-state index contributed by atoms with van der Waals surface area (Å²) in [7, 11) is 0. The van der Waals surface area contributed by atoms with E-state index < -0.39 is 0 Å². The van der Waals surface area contributed by atoms with Crippen molar-refractivity contribution in [1.82, 2.24) is 14.8 Å². The summed E-state index contributed by atoms with van der Waals surface area (Å²) in [5, 5.41) is 11.1. The first-order valence-corrected chi connectivity index (χ1v) is 8.46. The predicted octanol–water partition coefficient (Wildman–Crippen LogP) is 5.33. The molecule has 0 amide bonds. The van der Waals surface area contributed by atoms with Gasteiger partial charge in [-0.1, -0.05) is 45.7 Å². The molecule has 0 radical (unpaired) electrons. The molecule has 24 heavy (non-hydrogen) atoms. The number of carbonyl (C=O) groups excluding carboxylic acids is 1. The van der Waals surface area contributed by atoms with E-state index in [0.717, 1.165) is 32.0 Å². The lowest BCUT2D eigenvalue weighted by molar-refractivity contribution is 0.0945. The van der Waals surface area contributed by atoms with Crippen molar-refractivity contribution in [2.24, 2.45) is 0 Å². The molecule has 0 aliphatic rings. The Hall–Kier alpha value is -2.24. The molecule has 0 aliphatic heterocycles. The lowest BCUT2D eigenvalue weighted by Gasteiger charge is -2.02. The highest BCUT2D eigenvalue weighted by molar-refractivity contribution is 9.10. The molecule has 0 saturated carbocycles. The highest BCUT2D eigenvalue weighted by Crippen LogP contribution is 2.34. The summed E-state index contributed by atoms with van der Waals surface area (Å²) in [6.45, 7) is 1.52. The minimum absolute atomic E-state index is 0.0957. The number of aromatic nitrogens is 3. The van der Waals surface area contributed by atoms with Crippen molar-refractivity contribution in [2.75, 3.05) is 0 Å². The number of nitrogens with zero attached hydrogens (tertiary/aromatic N) is 3. The molecule has 0 N–H and O–H groups in total. The van der Waals surface area contributed by atoms with E-state index in [9.17, 15) is 4.79 Å². The van der Waals surface area contributed by atoms with E-state index >= 15 is 0 Å². The van der Waals surface area contributed by atoms with E-state index in [0.29, 0.717) is 10.7 Å². The molecule has 4 aromatic rings. The number of hydrogen-bond acceptors (Lipinski definition) is 3. The highest BCUT2D eigenvalue weighted by Gasteiger charge is 2.18. The molecule has 0 aliphatic carbocycles. The monoisotopic (exact) mass is 399 g/mol. The van der Waals surface area contributed by atoms with Gasteiger partial charge in [-0.25, -0.2) is 0 Å². The maximum absolute atomic E-state index is 12.1. The molecular weight excluding hydrogens is 390 g/mol. The summed E-state index contributed by atoms with van der Waals surface area (Å²) in [5.41, 5.74) is 3.03. The lowest BCUT2D eigenvalue weighted by atomic mass is 10.1. The Morgan fingerprint density at radius 2 is 1.88 bits per heavy atom. The standard InChI is InChI=1S/C18H11BrClN3O/c1-10(24)23-16-4-2-3-14(19)17(16)13-9-15(21-22-18(13)23)11-5-7-12(20)8-6-11/h2-9H,1H3. The van der Waals surface area contributed by atoms with E-state index in [-0.39, 0.29) is 5.91 Å². The Balaban J connectivity index is 2.08. The fourth-order valence-electron chi connectivity index (χ4n) is 2.89. The van der Waals surface area contributed by atoms with E-state index in [2.05, 4.69) is 26.1 Å². The van der Waals surface area contributed by atoms with Gasteiger partial charge in [-0.2, -0.15) is 0 Å². The Kier molecular flexibility index (Phi) is 3.62. The van der Waals surface area contributed by atoms with Gasteiger partial charge < -0.3 is 0 Å². The van der Waals surface area contributed by atoms with Crippen molar-refractivity contribution in [3.05, 3.63) is 58.0 Å². The van der Waals surface area contributed by atoms with Crippen molar-refractivity contribution < 1.29 is 4.79 Å². The molecule has 2 aromatic carbocycles. The number of hydrogen-bond donors (Lipinski definition) is 0. The van der Waals surface area contributed by atoms with Gasteiger partial charge >= 0.3 is 0 Å². The Morgan fingerprint density at radius 1 is 1.12 bits per heavy atom. The molecule has 0 bridgehead atoms. The minimum atomic E-state index is -0.0957. The normalized spacial score (nSPS) is 11.3. The van der Waals surface area contributed by atoms with Crippen molar-refractivity contribution in [1.29, 1.82) is 0 Å². The zero-order chi connectivity index (χ0) is 16.8. The third-order valence-corrected chi connectivity index (χ3v) is 4.86. The van der Waals surface area contributed by atoms with Crippen LogP contribution in [0.1, 0.15) is 11.7 Å². The summed E-state index contributed by atoms with van der Waals surface area (Å²) in [6, 6.07) is 15.2. The maximum Gasteiger partial charge on any atom is 0.229 e. The van der Waals surface area contributed by atoms with Crippen LogP contribution in [0.15, 0.2) is 53.0 Å². The van der Waals surface area contributed by atoms with Gasteiger partial charge in [0.25, 0.3) is 0 Å². The zero-order valence-corrected chi connectivity index (χ0v) is 15.0. The van der Waals surface area contributed by atoms with Gasteiger partial charge in [0.1, 0.15) is 0 Å². The molecule has 0 unspecified atom stereocenters. The van der Waals surface area contributed by atoms with Crippen LogP contribution in [0.2, 0.25) is 5.02 Å². The average molecular weight is 401 g/mol. The van der Waals surface area contributed by atoms with Crippen LogP contribution in [-0.2, 0) is 0 Å². The second-order valence-electron chi connectivity index (χ2n) is 5.46. The van der Waals surface area contributed by atoms with Crippen LogP contribution < -0.4 is 0 Å². The van der Waals surface area contributed by atoms with Crippen LogP contribution in [0.25, 0.3) is 33.2 Å². The lowest BCUT2D eigenvalue weighted by Crippen LogP contribution is -2.06. The van der Waals surface area contributed by atoms with Crippen LogP contribution in [0, 0.1) is 0 Å². The molecule has 0 fully saturated rings. The minimum Gasteiger partial charge on any atom is -0.274 e. The molecule has 4 nitrogen and oxygen atoms in total. The van der Waals surface area contributed by atoms with Gasteiger partial charge in [-0.3, -0.25) is 9.36 Å². The quantitative estimate of drug-likeness (QED) is 0.434. The maximum atomic E-state index is 12.1. The van der Waals surface area contributed by atoms with Gasteiger partial charge in [0.05, 0.1) is 11.2 Å². The average Bonchev–Trinajstić information content (AvgIpc) is 2.90. The second kappa shape index (κ2) is 5.69. The number of rotatable bonds is 1. The molecule has 118 valence electrons. The van der Waals surface area contributed by atoms with E-state index in [1.807, 2.05) is 48.5 Å². The molecule has 0 saturated heterocycles. The summed E-state index contributed by atoms with van der Waals surface area (Å²) >= 11 is 9.53. The number of benzene rings is 2. The van der Waals surface area contributed by atoms with Gasteiger partial charge in [0.15, 0.2) is 5.65 Å². The van der Waals surface area contributed by atoms with Crippen molar-refractivity contribution in [3.63, 3.8) is 0 Å². The first-order valence-electron chi connectivity index (χ1n) is 7.29. The largest absolute Gasteiger partial charge is 0.274 e. The van der Waals surface area contributed by atoms with Crippen molar-refractivity contribution >= 4 is 55.4 Å². The van der Waals surface area contributed by atoms with Gasteiger partial charge in [-0.15, -0.1) is 10.2 Å². The SMILES string of the molecule is CC(=O)n1c2cccc(Br)c2c2cc(-c3ccc(Cl)cc3)nnc21. The molecule has 4 rings (SSSR count). The first kappa shape index (κ1) is 15.3. The van der Waals surface area contributed by atoms with Crippen molar-refractivity contribution in [2.45, 2.75) is 6.92 Å². The van der Waals surface area contributed by atoms with Gasteiger partial charge in [0.2, 0.25) is 5.91 Å². The van der Waals surface area contributed by atoms with Crippen molar-refractivity contribution in [3.8, 4) is 11.3 Å². The van der Waals surface area contributed by atoms with Gasteiger partial charge in [-0.05, 0) is 30.3 Å². The first-order chi connectivity index (χ1) is 11.6. The fraction of sp³-hybridized carbons (Fsp3) is 0.0556. The summed E-state index contributed by atoms with van der Waals surface area (Å²) < 4.78 is 2.51. The number of halogens is 2. The molecular formula is C18H11BrClN3O.